The number of rotatable bonds is 5. The van der Waals surface area contributed by atoms with E-state index in [4.69, 9.17) is 4.74 Å². The zero-order valence-electron chi connectivity index (χ0n) is 14.5. The molecule has 1 aliphatic rings. The second-order valence-corrected chi connectivity index (χ2v) is 6.72. The summed E-state index contributed by atoms with van der Waals surface area (Å²) >= 11 is 0. The summed E-state index contributed by atoms with van der Waals surface area (Å²) in [4.78, 5) is 20.8. The molecule has 0 spiro atoms. The first-order valence-corrected chi connectivity index (χ1v) is 8.80. The van der Waals surface area contributed by atoms with E-state index < -0.39 is 5.60 Å². The Hall–Kier alpha value is -2.27. The minimum Gasteiger partial charge on any atom is -0.466 e. The predicted molar refractivity (Wildman–Crippen MR) is 93.8 cm³/mol. The molecule has 0 radical (unpaired) electrons. The lowest BCUT2D eigenvalue weighted by molar-refractivity contribution is -0.152. The van der Waals surface area contributed by atoms with Gasteiger partial charge in [0.2, 0.25) is 0 Å². The maximum absolute atomic E-state index is 12.4. The van der Waals surface area contributed by atoms with Crippen molar-refractivity contribution >= 4 is 5.97 Å². The Balaban J connectivity index is 1.84. The Bertz CT molecular complexity index is 693. The first-order valence-electron chi connectivity index (χ1n) is 8.80. The molecule has 1 heterocycles. The lowest BCUT2D eigenvalue weighted by atomic mass is 9.67. The first kappa shape index (κ1) is 17.5. The zero-order chi connectivity index (χ0) is 17.7. The number of nitrogens with zero attached hydrogens (tertiary/aromatic N) is 2. The van der Waals surface area contributed by atoms with E-state index in [1.165, 1.54) is 0 Å². The average molecular weight is 340 g/mol. The lowest BCUT2D eigenvalue weighted by Crippen LogP contribution is -2.42. The Morgan fingerprint density at radius 1 is 1.32 bits per heavy atom. The number of carbonyl (C=O) groups is 1. The highest BCUT2D eigenvalue weighted by Gasteiger charge is 2.43. The predicted octanol–water partition coefficient (Wildman–Crippen LogP) is 2.90. The zero-order valence-corrected chi connectivity index (χ0v) is 14.5. The lowest BCUT2D eigenvalue weighted by Gasteiger charge is -2.40. The number of esters is 1. The topological polar surface area (TPSA) is 72.3 Å². The summed E-state index contributed by atoms with van der Waals surface area (Å²) in [7, 11) is 0. The third-order valence-electron chi connectivity index (χ3n) is 4.95. The van der Waals surface area contributed by atoms with Crippen molar-refractivity contribution in [2.24, 2.45) is 5.92 Å². The van der Waals surface area contributed by atoms with Gasteiger partial charge < -0.3 is 9.84 Å². The van der Waals surface area contributed by atoms with Gasteiger partial charge in [-0.1, -0.05) is 30.3 Å². The maximum Gasteiger partial charge on any atom is 0.309 e. The molecule has 0 amide bonds. The number of carbonyl (C=O) groups excluding carboxylic acids is 1. The molecule has 1 saturated carbocycles. The summed E-state index contributed by atoms with van der Waals surface area (Å²) in [5.74, 6) is -0.446. The number of aromatic nitrogens is 2. The van der Waals surface area contributed by atoms with Crippen LogP contribution in [0.4, 0.5) is 0 Å². The Labute approximate surface area is 148 Å². The van der Waals surface area contributed by atoms with Crippen molar-refractivity contribution < 1.29 is 14.6 Å². The third-order valence-corrected chi connectivity index (χ3v) is 4.95. The second kappa shape index (κ2) is 7.74. The Morgan fingerprint density at radius 3 is 2.80 bits per heavy atom. The largest absolute Gasteiger partial charge is 0.466 e. The molecule has 5 nitrogen and oxygen atoms in total. The van der Waals surface area contributed by atoms with Crippen molar-refractivity contribution in [1.82, 2.24) is 9.97 Å². The van der Waals surface area contributed by atoms with E-state index in [-0.39, 0.29) is 17.8 Å². The van der Waals surface area contributed by atoms with Gasteiger partial charge in [0.05, 0.1) is 23.8 Å². The van der Waals surface area contributed by atoms with Crippen LogP contribution in [0.5, 0.6) is 0 Å². The maximum atomic E-state index is 12.4. The molecule has 1 aromatic heterocycles. The quantitative estimate of drug-likeness (QED) is 0.847. The molecule has 3 atom stereocenters. The van der Waals surface area contributed by atoms with Gasteiger partial charge in [-0.05, 0) is 37.7 Å². The Morgan fingerprint density at radius 2 is 2.12 bits per heavy atom. The smallest absolute Gasteiger partial charge is 0.309 e. The molecular weight excluding hydrogens is 316 g/mol. The average Bonchev–Trinajstić information content (AvgIpc) is 2.63. The van der Waals surface area contributed by atoms with Gasteiger partial charge in [-0.15, -0.1) is 0 Å². The molecule has 1 fully saturated rings. The van der Waals surface area contributed by atoms with E-state index in [0.717, 1.165) is 11.3 Å². The molecule has 0 unspecified atom stereocenters. The van der Waals surface area contributed by atoms with Gasteiger partial charge in [0.1, 0.15) is 0 Å². The summed E-state index contributed by atoms with van der Waals surface area (Å²) in [6.45, 7) is 2.20. The van der Waals surface area contributed by atoms with Crippen LogP contribution in [0.1, 0.15) is 43.4 Å². The summed E-state index contributed by atoms with van der Waals surface area (Å²) in [5.41, 5.74) is 0.948. The fourth-order valence-corrected chi connectivity index (χ4v) is 3.78. The van der Waals surface area contributed by atoms with Crippen molar-refractivity contribution in [1.29, 1.82) is 0 Å². The van der Waals surface area contributed by atoms with E-state index in [1.54, 1.807) is 18.6 Å². The minimum absolute atomic E-state index is 0.0596. The molecule has 1 aliphatic carbocycles. The molecule has 2 aromatic rings. The van der Waals surface area contributed by atoms with Crippen LogP contribution in [0, 0.1) is 5.92 Å². The molecule has 1 aromatic carbocycles. The molecule has 0 saturated heterocycles. The molecule has 25 heavy (non-hydrogen) atoms. The monoisotopic (exact) mass is 340 g/mol. The highest BCUT2D eigenvalue weighted by Crippen LogP contribution is 2.44. The third kappa shape index (κ3) is 4.23. The van der Waals surface area contributed by atoms with Gasteiger partial charge in [0, 0.05) is 25.0 Å². The van der Waals surface area contributed by atoms with Gasteiger partial charge in [-0.3, -0.25) is 14.8 Å². The van der Waals surface area contributed by atoms with E-state index in [0.29, 0.717) is 32.3 Å². The van der Waals surface area contributed by atoms with Gasteiger partial charge >= 0.3 is 5.97 Å². The van der Waals surface area contributed by atoms with E-state index in [2.05, 4.69) is 9.97 Å². The van der Waals surface area contributed by atoms with Crippen molar-refractivity contribution in [3.63, 3.8) is 0 Å². The number of hydrogen-bond acceptors (Lipinski definition) is 5. The van der Waals surface area contributed by atoms with E-state index >= 15 is 0 Å². The molecule has 0 bridgehead atoms. The van der Waals surface area contributed by atoms with Gasteiger partial charge in [-0.2, -0.15) is 0 Å². The van der Waals surface area contributed by atoms with Gasteiger partial charge in [-0.25, -0.2) is 0 Å². The van der Waals surface area contributed by atoms with Crippen LogP contribution in [-0.2, 0) is 16.0 Å². The molecule has 3 rings (SSSR count). The fourth-order valence-electron chi connectivity index (χ4n) is 3.78. The van der Waals surface area contributed by atoms with Crippen LogP contribution in [0.3, 0.4) is 0 Å². The second-order valence-electron chi connectivity index (χ2n) is 6.72. The van der Waals surface area contributed by atoms with Crippen molar-refractivity contribution in [3.05, 3.63) is 60.2 Å². The molecule has 1 N–H and O–H groups in total. The van der Waals surface area contributed by atoms with E-state index in [9.17, 15) is 9.90 Å². The summed E-state index contributed by atoms with van der Waals surface area (Å²) in [5, 5.41) is 11.2. The summed E-state index contributed by atoms with van der Waals surface area (Å²) in [6.07, 6.45) is 7.06. The number of hydrogen-bond donors (Lipinski definition) is 1. The van der Waals surface area contributed by atoms with Crippen LogP contribution in [0.15, 0.2) is 48.9 Å². The van der Waals surface area contributed by atoms with Crippen LogP contribution in [0.2, 0.25) is 0 Å². The van der Waals surface area contributed by atoms with Crippen LogP contribution < -0.4 is 0 Å². The fraction of sp³-hybridized carbons (Fsp3) is 0.450. The molecule has 132 valence electrons. The standard InChI is InChI=1S/C20H24N2O3/c1-2-25-19(23)17-8-9-20(24,12-16-14-21-10-11-22-16)13-18(17)15-6-4-3-5-7-15/h3-7,10-11,14,17-18,24H,2,8-9,12-13H2,1H3/t17-,18+,20+/m1/s1. The number of benzene rings is 1. The summed E-state index contributed by atoms with van der Waals surface area (Å²) in [6, 6.07) is 9.93. The molecular formula is C20H24N2O3. The summed E-state index contributed by atoms with van der Waals surface area (Å²) < 4.78 is 5.28. The minimum atomic E-state index is -0.889. The SMILES string of the molecule is CCOC(=O)[C@@H]1CC[C@](O)(Cc2cnccn2)C[C@H]1c1ccccc1. The number of aliphatic hydroxyl groups is 1. The van der Waals surface area contributed by atoms with Crippen LogP contribution >= 0.6 is 0 Å². The first-order chi connectivity index (χ1) is 12.1. The van der Waals surface area contributed by atoms with Gasteiger partial charge in [0.25, 0.3) is 0 Å². The van der Waals surface area contributed by atoms with E-state index in [1.807, 2.05) is 37.3 Å². The Kier molecular flexibility index (Phi) is 5.43. The highest BCUT2D eigenvalue weighted by atomic mass is 16.5. The van der Waals surface area contributed by atoms with Crippen LogP contribution in [0.25, 0.3) is 0 Å². The van der Waals surface area contributed by atoms with Crippen LogP contribution in [-0.4, -0.2) is 33.3 Å². The van der Waals surface area contributed by atoms with Crippen molar-refractivity contribution in [2.45, 2.75) is 44.1 Å². The van der Waals surface area contributed by atoms with Crippen molar-refractivity contribution in [2.75, 3.05) is 6.61 Å². The van der Waals surface area contributed by atoms with Crippen molar-refractivity contribution in [3.8, 4) is 0 Å². The number of ether oxygens (including phenoxy) is 1. The highest BCUT2D eigenvalue weighted by molar-refractivity contribution is 5.74. The normalized spacial score (nSPS) is 26.2. The molecule has 5 heteroatoms. The molecule has 0 aliphatic heterocycles. The van der Waals surface area contributed by atoms with Gasteiger partial charge in [0.15, 0.2) is 0 Å².